The van der Waals surface area contributed by atoms with E-state index in [0.717, 1.165) is 4.90 Å². The van der Waals surface area contributed by atoms with Crippen molar-refractivity contribution < 1.29 is 33.4 Å². The van der Waals surface area contributed by atoms with Gasteiger partial charge >= 0.3 is 12.0 Å². The Balaban J connectivity index is 2.05. The van der Waals surface area contributed by atoms with Crippen LogP contribution in [0.2, 0.25) is 5.02 Å². The van der Waals surface area contributed by atoms with Crippen LogP contribution in [0.5, 0.6) is 11.5 Å². The van der Waals surface area contributed by atoms with E-state index in [0.29, 0.717) is 40.7 Å². The summed E-state index contributed by atoms with van der Waals surface area (Å²) in [6, 6.07) is 8.42. The number of esters is 1. The third-order valence-electron chi connectivity index (χ3n) is 4.88. The molecule has 3 rings (SSSR count). The van der Waals surface area contributed by atoms with Gasteiger partial charge in [-0.2, -0.15) is 0 Å². The Hall–Kier alpha value is -4.11. The highest BCUT2D eigenvalue weighted by Crippen LogP contribution is 2.35. The molecule has 1 aliphatic heterocycles. The summed E-state index contributed by atoms with van der Waals surface area (Å²) in [7, 11) is 1.25. The van der Waals surface area contributed by atoms with Gasteiger partial charge in [-0.3, -0.25) is 14.9 Å². The molecule has 2 aromatic rings. The molecule has 10 heteroatoms. The summed E-state index contributed by atoms with van der Waals surface area (Å²) in [5.74, 6) is -1.58. The van der Waals surface area contributed by atoms with Crippen LogP contribution in [-0.2, 0) is 25.5 Å². The van der Waals surface area contributed by atoms with Crippen LogP contribution in [0.3, 0.4) is 0 Å². The molecule has 0 atom stereocenters. The van der Waals surface area contributed by atoms with Crippen LogP contribution in [0.15, 0.2) is 54.6 Å². The number of rotatable bonds is 9. The number of anilines is 1. The smallest absolute Gasteiger partial charge is 0.343 e. The van der Waals surface area contributed by atoms with Crippen molar-refractivity contribution >= 4 is 47.2 Å². The van der Waals surface area contributed by atoms with E-state index in [4.69, 9.17) is 21.1 Å². The zero-order chi connectivity index (χ0) is 25.5. The van der Waals surface area contributed by atoms with Gasteiger partial charge in [0.05, 0.1) is 19.4 Å². The first kappa shape index (κ1) is 25.5. The van der Waals surface area contributed by atoms with E-state index in [-0.39, 0.29) is 17.9 Å². The molecule has 0 bridgehead atoms. The monoisotopic (exact) mass is 498 g/mol. The molecule has 0 unspecified atom stereocenters. The number of hydrogen-bond acceptors (Lipinski definition) is 7. The number of amides is 4. The number of benzene rings is 2. The molecule has 0 radical (unpaired) electrons. The molecule has 1 saturated heterocycles. The number of nitrogens with zero attached hydrogens (tertiary/aromatic N) is 1. The van der Waals surface area contributed by atoms with Crippen molar-refractivity contribution in [1.82, 2.24) is 5.32 Å². The second-order valence-electron chi connectivity index (χ2n) is 7.23. The normalized spacial score (nSPS) is 14.5. The highest BCUT2D eigenvalue weighted by atomic mass is 35.5. The molecule has 182 valence electrons. The van der Waals surface area contributed by atoms with E-state index in [2.05, 4.69) is 16.6 Å². The Kier molecular flexibility index (Phi) is 8.27. The topological polar surface area (TPSA) is 111 Å². The molecule has 0 aliphatic carbocycles. The van der Waals surface area contributed by atoms with Gasteiger partial charge in [-0.1, -0.05) is 17.7 Å². The number of urea groups is 1. The van der Waals surface area contributed by atoms with Crippen molar-refractivity contribution in [2.24, 2.45) is 0 Å². The predicted octanol–water partition coefficient (Wildman–Crippen LogP) is 3.69. The van der Waals surface area contributed by atoms with Gasteiger partial charge in [0.2, 0.25) is 0 Å². The lowest BCUT2D eigenvalue weighted by atomic mass is 10.0. The SMILES string of the molecule is C=CCc1cc(/C=C2\C(=O)NC(=O)N(c3ccc(Cl)cc3)C2=O)cc(OCC)c1OCC(=O)OC. The third kappa shape index (κ3) is 5.88. The number of barbiturate groups is 1. The van der Waals surface area contributed by atoms with Gasteiger partial charge in [0, 0.05) is 10.6 Å². The lowest BCUT2D eigenvalue weighted by molar-refractivity contribution is -0.143. The Morgan fingerprint density at radius 1 is 1.14 bits per heavy atom. The summed E-state index contributed by atoms with van der Waals surface area (Å²) in [5, 5.41) is 2.60. The molecule has 2 aromatic carbocycles. The summed E-state index contributed by atoms with van der Waals surface area (Å²) in [4.78, 5) is 50.5. The van der Waals surface area contributed by atoms with E-state index in [1.165, 1.54) is 37.5 Å². The maximum absolute atomic E-state index is 13.2. The van der Waals surface area contributed by atoms with Crippen LogP contribution in [0.25, 0.3) is 6.08 Å². The van der Waals surface area contributed by atoms with Crippen molar-refractivity contribution in [2.75, 3.05) is 25.2 Å². The number of imide groups is 2. The second-order valence-corrected chi connectivity index (χ2v) is 7.67. The van der Waals surface area contributed by atoms with Gasteiger partial charge < -0.3 is 14.2 Å². The zero-order valence-electron chi connectivity index (χ0n) is 19.1. The van der Waals surface area contributed by atoms with Crippen LogP contribution in [-0.4, -0.2) is 44.1 Å². The van der Waals surface area contributed by atoms with E-state index in [1.54, 1.807) is 25.1 Å². The highest BCUT2D eigenvalue weighted by Gasteiger charge is 2.36. The van der Waals surface area contributed by atoms with Crippen molar-refractivity contribution in [3.05, 3.63) is 70.8 Å². The summed E-state index contributed by atoms with van der Waals surface area (Å²) in [5.41, 5.74) is 1.05. The fraction of sp³-hybridized carbons (Fsp3) is 0.200. The van der Waals surface area contributed by atoms with Gasteiger partial charge in [-0.15, -0.1) is 6.58 Å². The summed E-state index contributed by atoms with van der Waals surface area (Å²) < 4.78 is 15.9. The van der Waals surface area contributed by atoms with Gasteiger partial charge in [0.1, 0.15) is 5.57 Å². The van der Waals surface area contributed by atoms with Crippen LogP contribution >= 0.6 is 11.6 Å². The van der Waals surface area contributed by atoms with E-state index < -0.39 is 23.8 Å². The van der Waals surface area contributed by atoms with Gasteiger partial charge in [-0.05, 0) is 61.4 Å². The standard InChI is InChI=1S/C25H23ClN2O7/c1-4-6-16-11-15(13-20(34-5-2)22(16)35-14-21(29)33-3)12-19-23(30)27-25(32)28(24(19)31)18-9-7-17(26)8-10-18/h4,7-13H,1,5-6,14H2,2-3H3,(H,27,30,32)/b19-12+. The fourth-order valence-corrected chi connectivity index (χ4v) is 3.47. The number of nitrogens with one attached hydrogen (secondary N) is 1. The Bertz CT molecular complexity index is 1210. The molecule has 0 spiro atoms. The molecule has 0 saturated carbocycles. The average Bonchev–Trinajstić information content (AvgIpc) is 2.82. The molecule has 1 N–H and O–H groups in total. The van der Waals surface area contributed by atoms with Gasteiger partial charge in [0.15, 0.2) is 18.1 Å². The first-order valence-electron chi connectivity index (χ1n) is 10.6. The largest absolute Gasteiger partial charge is 0.490 e. The van der Waals surface area contributed by atoms with E-state index in [9.17, 15) is 19.2 Å². The summed E-state index contributed by atoms with van der Waals surface area (Å²) in [6.45, 7) is 5.47. The van der Waals surface area contributed by atoms with Crippen molar-refractivity contribution in [1.29, 1.82) is 0 Å². The quantitative estimate of drug-likeness (QED) is 0.243. The third-order valence-corrected chi connectivity index (χ3v) is 5.13. The molecule has 1 heterocycles. The van der Waals surface area contributed by atoms with Gasteiger partial charge in [-0.25, -0.2) is 14.5 Å². The molecule has 9 nitrogen and oxygen atoms in total. The Morgan fingerprint density at radius 3 is 2.49 bits per heavy atom. The minimum atomic E-state index is -0.867. The molecule has 1 fully saturated rings. The lowest BCUT2D eigenvalue weighted by Crippen LogP contribution is -2.54. The number of hydrogen-bond donors (Lipinski definition) is 1. The first-order valence-corrected chi connectivity index (χ1v) is 10.9. The predicted molar refractivity (Wildman–Crippen MR) is 129 cm³/mol. The molecular formula is C25H23ClN2O7. The van der Waals surface area contributed by atoms with Crippen molar-refractivity contribution in [3.63, 3.8) is 0 Å². The molecular weight excluding hydrogens is 476 g/mol. The molecule has 1 aliphatic rings. The van der Waals surface area contributed by atoms with Crippen molar-refractivity contribution in [3.8, 4) is 11.5 Å². The average molecular weight is 499 g/mol. The van der Waals surface area contributed by atoms with E-state index >= 15 is 0 Å². The Morgan fingerprint density at radius 2 is 1.86 bits per heavy atom. The number of halogens is 1. The minimum absolute atomic E-state index is 0.254. The van der Waals surface area contributed by atoms with Crippen LogP contribution < -0.4 is 19.7 Å². The number of allylic oxidation sites excluding steroid dienone is 1. The number of carbonyl (C=O) groups excluding carboxylic acids is 4. The number of methoxy groups -OCH3 is 1. The summed E-state index contributed by atoms with van der Waals surface area (Å²) >= 11 is 5.90. The maximum Gasteiger partial charge on any atom is 0.343 e. The maximum atomic E-state index is 13.2. The van der Waals surface area contributed by atoms with Gasteiger partial charge in [0.25, 0.3) is 11.8 Å². The lowest BCUT2D eigenvalue weighted by Gasteiger charge is -2.26. The number of carbonyl (C=O) groups is 4. The van der Waals surface area contributed by atoms with Crippen molar-refractivity contribution in [2.45, 2.75) is 13.3 Å². The van der Waals surface area contributed by atoms with Crippen LogP contribution in [0, 0.1) is 0 Å². The zero-order valence-corrected chi connectivity index (χ0v) is 19.9. The highest BCUT2D eigenvalue weighted by molar-refractivity contribution is 6.39. The second kappa shape index (κ2) is 11.3. The van der Waals surface area contributed by atoms with Crippen LogP contribution in [0.4, 0.5) is 10.5 Å². The number of ether oxygens (including phenoxy) is 3. The summed E-state index contributed by atoms with van der Waals surface area (Å²) in [6.07, 6.45) is 3.34. The molecule has 4 amide bonds. The first-order chi connectivity index (χ1) is 16.8. The van der Waals surface area contributed by atoms with E-state index in [1.807, 2.05) is 0 Å². The van der Waals surface area contributed by atoms with Crippen LogP contribution in [0.1, 0.15) is 18.1 Å². The minimum Gasteiger partial charge on any atom is -0.490 e. The molecule has 35 heavy (non-hydrogen) atoms. The fourth-order valence-electron chi connectivity index (χ4n) is 3.34. The molecule has 0 aromatic heterocycles. The Labute approximate surface area is 206 Å².